The van der Waals surface area contributed by atoms with E-state index in [0.29, 0.717) is 21.5 Å². The van der Waals surface area contributed by atoms with Gasteiger partial charge in [0.1, 0.15) is 5.75 Å². The molecule has 0 fully saturated rings. The molecule has 0 spiro atoms. The second kappa shape index (κ2) is 14.4. The van der Waals surface area contributed by atoms with E-state index in [1.807, 2.05) is 42.1 Å². The first-order chi connectivity index (χ1) is 17.5. The minimum atomic E-state index is -0.451. The lowest BCUT2D eigenvalue weighted by Gasteiger charge is -2.11. The molecule has 0 heterocycles. The van der Waals surface area contributed by atoms with E-state index >= 15 is 0 Å². The highest BCUT2D eigenvalue weighted by atomic mass is 79.9. The lowest BCUT2D eigenvalue weighted by molar-refractivity contribution is 0.0956. The summed E-state index contributed by atoms with van der Waals surface area (Å²) in [5.41, 5.74) is 5.57. The molecule has 3 aromatic rings. The average molecular weight is 570 g/mol. The third-order valence-corrected chi connectivity index (χ3v) is 6.51. The summed E-state index contributed by atoms with van der Waals surface area (Å²) in [5.74, 6) is 2.13. The van der Waals surface area contributed by atoms with Crippen molar-refractivity contribution < 1.29 is 14.3 Å². The maximum atomic E-state index is 12.9. The number of benzene rings is 3. The molecular weight excluding hydrogens is 540 g/mol. The SMILES string of the molecule is CCSCCNCc1ccc(C(=O)Nc2ccc(Br)cc2C(=O)NN=Cc2cccc(OC)c2)cc1. The minimum Gasteiger partial charge on any atom is -0.497 e. The topological polar surface area (TPSA) is 91.8 Å². The van der Waals surface area contributed by atoms with Gasteiger partial charge in [0.25, 0.3) is 11.8 Å². The van der Waals surface area contributed by atoms with Gasteiger partial charge in [-0.15, -0.1) is 0 Å². The van der Waals surface area contributed by atoms with Crippen LogP contribution in [0.4, 0.5) is 5.69 Å². The van der Waals surface area contributed by atoms with Crippen LogP contribution in [0.25, 0.3) is 0 Å². The first-order valence-electron chi connectivity index (χ1n) is 11.5. The second-order valence-corrected chi connectivity index (χ2v) is 10.00. The van der Waals surface area contributed by atoms with Gasteiger partial charge in [0.05, 0.1) is 24.6 Å². The van der Waals surface area contributed by atoms with E-state index in [0.717, 1.165) is 35.7 Å². The summed E-state index contributed by atoms with van der Waals surface area (Å²) in [6.45, 7) is 3.84. The maximum Gasteiger partial charge on any atom is 0.273 e. The van der Waals surface area contributed by atoms with E-state index in [9.17, 15) is 9.59 Å². The van der Waals surface area contributed by atoms with Gasteiger partial charge in [0, 0.05) is 28.9 Å². The van der Waals surface area contributed by atoms with Crippen LogP contribution in [-0.2, 0) is 6.54 Å². The summed E-state index contributed by atoms with van der Waals surface area (Å²) in [5, 5.41) is 10.3. The molecule has 0 unspecified atom stereocenters. The van der Waals surface area contributed by atoms with Gasteiger partial charge in [0.2, 0.25) is 0 Å². The standard InChI is InChI=1S/C27H29BrN4O3S/c1-3-36-14-13-29-17-19-7-9-21(10-8-19)26(33)31-25-12-11-22(28)16-24(25)27(34)32-30-18-20-5-4-6-23(15-20)35-2/h4-12,15-16,18,29H,3,13-14,17H2,1-2H3,(H,31,33)(H,32,34). The number of rotatable bonds is 12. The molecule has 0 aliphatic heterocycles. The first-order valence-corrected chi connectivity index (χ1v) is 13.4. The van der Waals surface area contributed by atoms with E-state index in [-0.39, 0.29) is 11.5 Å². The Bertz CT molecular complexity index is 1200. The third-order valence-electron chi connectivity index (χ3n) is 5.12. The molecule has 0 atom stereocenters. The number of carbonyl (C=O) groups is 2. The van der Waals surface area contributed by atoms with Crippen molar-refractivity contribution >= 4 is 51.4 Å². The molecule has 2 amide bonds. The van der Waals surface area contributed by atoms with E-state index < -0.39 is 5.91 Å². The van der Waals surface area contributed by atoms with Crippen LogP contribution < -0.4 is 20.8 Å². The Morgan fingerprint density at radius 3 is 2.61 bits per heavy atom. The fourth-order valence-electron chi connectivity index (χ4n) is 3.25. The number of anilines is 1. The van der Waals surface area contributed by atoms with Crippen molar-refractivity contribution in [1.82, 2.24) is 10.7 Å². The van der Waals surface area contributed by atoms with Crippen molar-refractivity contribution in [2.24, 2.45) is 5.10 Å². The minimum absolute atomic E-state index is 0.284. The summed E-state index contributed by atoms with van der Waals surface area (Å²) in [6.07, 6.45) is 1.52. The molecule has 3 N–H and O–H groups in total. The molecule has 3 rings (SSSR count). The Kier molecular flexibility index (Phi) is 11.0. The maximum absolute atomic E-state index is 12.9. The zero-order valence-corrected chi connectivity index (χ0v) is 22.6. The number of carbonyl (C=O) groups excluding carboxylic acids is 2. The molecule has 0 saturated carbocycles. The van der Waals surface area contributed by atoms with Crippen molar-refractivity contribution in [3.8, 4) is 5.75 Å². The van der Waals surface area contributed by atoms with Crippen molar-refractivity contribution in [3.05, 3.63) is 93.5 Å². The molecule has 0 aliphatic carbocycles. The fourth-order valence-corrected chi connectivity index (χ4v) is 4.19. The number of hydrogen-bond donors (Lipinski definition) is 3. The zero-order chi connectivity index (χ0) is 25.8. The van der Waals surface area contributed by atoms with Gasteiger partial charge in [-0.1, -0.05) is 47.1 Å². The number of halogens is 1. The molecule has 0 radical (unpaired) electrons. The summed E-state index contributed by atoms with van der Waals surface area (Å²) < 4.78 is 5.90. The summed E-state index contributed by atoms with van der Waals surface area (Å²) in [7, 11) is 1.58. The number of hydrogen-bond acceptors (Lipinski definition) is 6. The van der Waals surface area contributed by atoms with Crippen molar-refractivity contribution in [2.75, 3.05) is 30.5 Å². The summed E-state index contributed by atoms with van der Waals surface area (Å²) in [6, 6.07) is 19.8. The summed E-state index contributed by atoms with van der Waals surface area (Å²) >= 11 is 5.29. The van der Waals surface area contributed by atoms with Crippen LogP contribution in [0.3, 0.4) is 0 Å². The quantitative estimate of drug-likeness (QED) is 0.156. The number of thioether (sulfide) groups is 1. The second-order valence-electron chi connectivity index (χ2n) is 7.69. The third kappa shape index (κ3) is 8.51. The largest absolute Gasteiger partial charge is 0.497 e. The number of methoxy groups -OCH3 is 1. The van der Waals surface area contributed by atoms with Crippen molar-refractivity contribution in [1.29, 1.82) is 0 Å². The highest BCUT2D eigenvalue weighted by Gasteiger charge is 2.15. The highest BCUT2D eigenvalue weighted by molar-refractivity contribution is 9.10. The molecule has 0 aliphatic rings. The fraction of sp³-hybridized carbons (Fsp3) is 0.222. The first kappa shape index (κ1) is 27.4. The van der Waals surface area contributed by atoms with E-state index in [2.05, 4.69) is 44.0 Å². The van der Waals surface area contributed by atoms with Gasteiger partial charge in [0.15, 0.2) is 0 Å². The predicted octanol–water partition coefficient (Wildman–Crippen LogP) is 5.32. The van der Waals surface area contributed by atoms with Crippen LogP contribution in [0, 0.1) is 0 Å². The predicted molar refractivity (Wildman–Crippen MR) is 151 cm³/mol. The molecular formula is C27H29BrN4O3S. The Morgan fingerprint density at radius 1 is 1.06 bits per heavy atom. The van der Waals surface area contributed by atoms with Gasteiger partial charge in [-0.05, 0) is 59.3 Å². The average Bonchev–Trinajstić information content (AvgIpc) is 2.90. The number of hydrazone groups is 1. The van der Waals surface area contributed by atoms with E-state index in [1.165, 1.54) is 6.21 Å². The van der Waals surface area contributed by atoms with E-state index in [4.69, 9.17) is 4.74 Å². The van der Waals surface area contributed by atoms with Crippen LogP contribution in [0.5, 0.6) is 5.75 Å². The zero-order valence-electron chi connectivity index (χ0n) is 20.2. The van der Waals surface area contributed by atoms with Gasteiger partial charge < -0.3 is 15.4 Å². The number of nitrogens with zero attached hydrogens (tertiary/aromatic N) is 1. The molecule has 7 nitrogen and oxygen atoms in total. The molecule has 3 aromatic carbocycles. The van der Waals surface area contributed by atoms with Gasteiger partial charge in [-0.2, -0.15) is 16.9 Å². The smallest absolute Gasteiger partial charge is 0.273 e. The summed E-state index contributed by atoms with van der Waals surface area (Å²) in [4.78, 5) is 25.7. The number of ether oxygens (including phenoxy) is 1. The normalized spacial score (nSPS) is 10.9. The van der Waals surface area contributed by atoms with E-state index in [1.54, 1.807) is 43.5 Å². The van der Waals surface area contributed by atoms with Crippen LogP contribution in [0.15, 0.2) is 76.3 Å². The molecule has 0 saturated heterocycles. The van der Waals surface area contributed by atoms with Crippen LogP contribution in [-0.4, -0.2) is 43.2 Å². The molecule has 36 heavy (non-hydrogen) atoms. The van der Waals surface area contributed by atoms with Crippen LogP contribution in [0.1, 0.15) is 38.8 Å². The monoisotopic (exact) mass is 568 g/mol. The Morgan fingerprint density at radius 2 is 1.86 bits per heavy atom. The Labute approximate surface area is 224 Å². The Hall–Kier alpha value is -3.14. The lowest BCUT2D eigenvalue weighted by atomic mass is 10.1. The molecule has 0 bridgehead atoms. The van der Waals surface area contributed by atoms with Crippen molar-refractivity contribution in [3.63, 3.8) is 0 Å². The van der Waals surface area contributed by atoms with Crippen molar-refractivity contribution in [2.45, 2.75) is 13.5 Å². The number of nitrogens with one attached hydrogen (secondary N) is 3. The highest BCUT2D eigenvalue weighted by Crippen LogP contribution is 2.22. The lowest BCUT2D eigenvalue weighted by Crippen LogP contribution is -2.21. The molecule has 9 heteroatoms. The van der Waals surface area contributed by atoms with Crippen LogP contribution >= 0.6 is 27.7 Å². The van der Waals surface area contributed by atoms with Gasteiger partial charge in [-0.3, -0.25) is 9.59 Å². The van der Waals surface area contributed by atoms with Crippen LogP contribution in [0.2, 0.25) is 0 Å². The van der Waals surface area contributed by atoms with Gasteiger partial charge in [-0.25, -0.2) is 5.43 Å². The number of amides is 2. The molecule has 188 valence electrons. The molecule has 0 aromatic heterocycles. The Balaban J connectivity index is 1.62. The van der Waals surface area contributed by atoms with Gasteiger partial charge >= 0.3 is 0 Å².